The molecule has 2 aromatic rings. The van der Waals surface area contributed by atoms with Gasteiger partial charge in [0.05, 0.1) is 43.8 Å². The molecule has 194 valence electrons. The van der Waals surface area contributed by atoms with Crippen LogP contribution in [0.3, 0.4) is 0 Å². The lowest BCUT2D eigenvalue weighted by atomic mass is 10.0. The Balaban J connectivity index is 1.59. The normalized spacial score (nSPS) is 17.3. The lowest BCUT2D eigenvalue weighted by molar-refractivity contribution is 0.0320. The van der Waals surface area contributed by atoms with Gasteiger partial charge in [-0.25, -0.2) is 9.78 Å². The number of carbonyl (C=O) groups excluding carboxylic acids is 1. The Morgan fingerprint density at radius 1 is 1.06 bits per heavy atom. The summed E-state index contributed by atoms with van der Waals surface area (Å²) < 4.78 is 22.4. The number of nitrogens with zero attached hydrogens (tertiary/aromatic N) is 4. The van der Waals surface area contributed by atoms with Gasteiger partial charge in [0.1, 0.15) is 12.3 Å². The van der Waals surface area contributed by atoms with Crippen LogP contribution in [0.2, 0.25) is 0 Å². The number of anilines is 1. The van der Waals surface area contributed by atoms with Crippen molar-refractivity contribution < 1.29 is 23.7 Å². The molecule has 0 bridgehead atoms. The molecule has 0 amide bonds. The monoisotopic (exact) mass is 497 g/mol. The summed E-state index contributed by atoms with van der Waals surface area (Å²) in [6.07, 6.45) is -0.215. The molecule has 0 spiro atoms. The second kappa shape index (κ2) is 12.7. The molecule has 2 N–H and O–H groups in total. The number of ether oxygens (including phenoxy) is 4. The summed E-state index contributed by atoms with van der Waals surface area (Å²) >= 11 is 0. The minimum Gasteiger partial charge on any atom is -0.476 e. The summed E-state index contributed by atoms with van der Waals surface area (Å²) in [5, 5.41) is 4.05. The minimum absolute atomic E-state index is 0.215. The molecule has 0 unspecified atom stereocenters. The van der Waals surface area contributed by atoms with Gasteiger partial charge in [-0.2, -0.15) is 5.10 Å². The average molecular weight is 498 g/mol. The van der Waals surface area contributed by atoms with Crippen molar-refractivity contribution in [3.8, 4) is 5.88 Å². The zero-order valence-corrected chi connectivity index (χ0v) is 21.0. The smallest absolute Gasteiger partial charge is 0.338 e. The number of morpholine rings is 2. The van der Waals surface area contributed by atoms with Crippen LogP contribution in [-0.4, -0.2) is 93.4 Å². The Morgan fingerprint density at radius 3 is 2.44 bits per heavy atom. The highest BCUT2D eigenvalue weighted by Crippen LogP contribution is 2.24. The molecule has 0 atom stereocenters. The van der Waals surface area contributed by atoms with Gasteiger partial charge in [-0.15, -0.1) is 0 Å². The van der Waals surface area contributed by atoms with Gasteiger partial charge < -0.3 is 29.7 Å². The summed E-state index contributed by atoms with van der Waals surface area (Å²) in [7, 11) is 0. The van der Waals surface area contributed by atoms with Crippen molar-refractivity contribution in [3.63, 3.8) is 0 Å². The largest absolute Gasteiger partial charge is 0.476 e. The van der Waals surface area contributed by atoms with Crippen molar-refractivity contribution in [2.24, 2.45) is 10.9 Å². The second-order valence-corrected chi connectivity index (χ2v) is 8.96. The molecule has 3 heterocycles. The first-order valence-corrected chi connectivity index (χ1v) is 12.4. The van der Waals surface area contributed by atoms with Crippen molar-refractivity contribution in [3.05, 3.63) is 53.2 Å². The number of carbonyl (C=O) groups is 1. The van der Waals surface area contributed by atoms with Gasteiger partial charge in [0.25, 0.3) is 0 Å². The van der Waals surface area contributed by atoms with Crippen LogP contribution in [0.25, 0.3) is 0 Å². The first-order valence-electron chi connectivity index (χ1n) is 12.4. The summed E-state index contributed by atoms with van der Waals surface area (Å²) in [5.41, 5.74) is 3.08. The zero-order valence-electron chi connectivity index (χ0n) is 21.0. The van der Waals surface area contributed by atoms with E-state index in [0.29, 0.717) is 48.2 Å². The molecule has 0 aliphatic carbocycles. The van der Waals surface area contributed by atoms with Crippen molar-refractivity contribution in [1.82, 2.24) is 9.88 Å². The number of pyridine rings is 1. The molecule has 2 fully saturated rings. The van der Waals surface area contributed by atoms with Gasteiger partial charge in [-0.1, -0.05) is 12.1 Å². The molecular formula is C26H35N5O5. The molecule has 10 heteroatoms. The number of hydrogen-bond donors (Lipinski definition) is 1. The molecule has 1 aromatic carbocycles. The van der Waals surface area contributed by atoms with E-state index in [2.05, 4.69) is 14.9 Å². The number of hydrogen-bond acceptors (Lipinski definition) is 10. The van der Waals surface area contributed by atoms with Crippen molar-refractivity contribution in [2.45, 2.75) is 20.0 Å². The predicted molar refractivity (Wildman–Crippen MR) is 137 cm³/mol. The van der Waals surface area contributed by atoms with Crippen LogP contribution in [0.5, 0.6) is 5.88 Å². The fourth-order valence-electron chi connectivity index (χ4n) is 4.16. The first kappa shape index (κ1) is 25.9. The molecule has 0 saturated carbocycles. The Hall–Kier alpha value is -3.21. The third-order valence-electron chi connectivity index (χ3n) is 6.01. The van der Waals surface area contributed by atoms with Crippen LogP contribution in [0.15, 0.2) is 41.5 Å². The third-order valence-corrected chi connectivity index (χ3v) is 6.01. The van der Waals surface area contributed by atoms with Crippen LogP contribution in [0, 0.1) is 0 Å². The van der Waals surface area contributed by atoms with E-state index in [-0.39, 0.29) is 6.10 Å². The van der Waals surface area contributed by atoms with Gasteiger partial charge in [0, 0.05) is 50.0 Å². The Morgan fingerprint density at radius 2 is 1.75 bits per heavy atom. The molecule has 0 radical (unpaired) electrons. The topological polar surface area (TPSA) is 112 Å². The van der Waals surface area contributed by atoms with Gasteiger partial charge in [-0.3, -0.25) is 4.90 Å². The van der Waals surface area contributed by atoms with E-state index in [4.69, 9.17) is 29.8 Å². The predicted octanol–water partition coefficient (Wildman–Crippen LogP) is 1.91. The molecule has 2 aliphatic rings. The van der Waals surface area contributed by atoms with Gasteiger partial charge in [0.15, 0.2) is 0 Å². The van der Waals surface area contributed by atoms with Gasteiger partial charge in [-0.05, 0) is 32.0 Å². The zero-order chi connectivity index (χ0) is 25.3. The minimum atomic E-state index is -0.398. The second-order valence-electron chi connectivity index (χ2n) is 8.96. The fraction of sp³-hybridized carbons (Fsp3) is 0.500. The van der Waals surface area contributed by atoms with Gasteiger partial charge in [0.2, 0.25) is 5.88 Å². The Bertz CT molecular complexity index is 1050. The van der Waals surface area contributed by atoms with Gasteiger partial charge >= 0.3 is 5.97 Å². The molecule has 2 aliphatic heterocycles. The highest BCUT2D eigenvalue weighted by Gasteiger charge is 2.19. The van der Waals surface area contributed by atoms with Crippen LogP contribution < -0.4 is 15.5 Å². The maximum atomic E-state index is 12.5. The molecule has 1 aromatic heterocycles. The SMILES string of the molecule is CC(C)OC(=O)c1cccc(C(=NN)c2cc(N3CCOCC3)cc(OCCN3CCOCC3)n2)c1. The summed E-state index contributed by atoms with van der Waals surface area (Å²) in [6, 6.07) is 10.9. The third kappa shape index (κ3) is 6.93. The molecule has 4 rings (SSSR count). The van der Waals surface area contributed by atoms with Crippen molar-refractivity contribution in [2.75, 3.05) is 70.7 Å². The van der Waals surface area contributed by atoms with E-state index < -0.39 is 5.97 Å². The maximum absolute atomic E-state index is 12.5. The number of esters is 1. The maximum Gasteiger partial charge on any atom is 0.338 e. The molecule has 2 saturated heterocycles. The van der Waals surface area contributed by atoms with Crippen LogP contribution in [-0.2, 0) is 14.2 Å². The van der Waals surface area contributed by atoms with E-state index in [0.717, 1.165) is 51.6 Å². The fourth-order valence-corrected chi connectivity index (χ4v) is 4.16. The summed E-state index contributed by atoms with van der Waals surface area (Å²) in [6.45, 7) is 11.1. The van der Waals surface area contributed by atoms with E-state index >= 15 is 0 Å². The lowest BCUT2D eigenvalue weighted by Crippen LogP contribution is -2.38. The Labute approximate surface area is 212 Å². The number of hydrazone groups is 1. The van der Waals surface area contributed by atoms with E-state index in [1.807, 2.05) is 32.0 Å². The number of aromatic nitrogens is 1. The number of benzene rings is 1. The van der Waals surface area contributed by atoms with Crippen LogP contribution in [0.1, 0.15) is 35.5 Å². The first-order chi connectivity index (χ1) is 17.5. The summed E-state index contributed by atoms with van der Waals surface area (Å²) in [4.78, 5) is 21.7. The quantitative estimate of drug-likeness (QED) is 0.240. The van der Waals surface area contributed by atoms with Crippen molar-refractivity contribution in [1.29, 1.82) is 0 Å². The Kier molecular flexibility index (Phi) is 9.10. The number of nitrogens with two attached hydrogens (primary N) is 1. The highest BCUT2D eigenvalue weighted by molar-refractivity contribution is 6.12. The van der Waals surface area contributed by atoms with E-state index in [1.54, 1.807) is 18.2 Å². The number of rotatable bonds is 9. The highest BCUT2D eigenvalue weighted by atomic mass is 16.5. The van der Waals surface area contributed by atoms with E-state index in [1.165, 1.54) is 0 Å². The van der Waals surface area contributed by atoms with Crippen LogP contribution >= 0.6 is 0 Å². The molecule has 10 nitrogen and oxygen atoms in total. The summed E-state index contributed by atoms with van der Waals surface area (Å²) in [5.74, 6) is 5.96. The standard InChI is InChI=1S/C26H35N5O5/c1-19(2)36-26(32)21-5-3-4-20(16-21)25(29-27)23-17-22(31-9-13-34-14-10-31)18-24(28-23)35-15-8-30-6-11-33-12-7-30/h3-5,16-19H,6-15,27H2,1-2H3. The van der Waals surface area contributed by atoms with E-state index in [9.17, 15) is 4.79 Å². The lowest BCUT2D eigenvalue weighted by Gasteiger charge is -2.29. The van der Waals surface area contributed by atoms with Crippen LogP contribution in [0.4, 0.5) is 5.69 Å². The average Bonchev–Trinajstić information content (AvgIpc) is 2.90. The molecule has 36 heavy (non-hydrogen) atoms. The molecular weight excluding hydrogens is 462 g/mol. The van der Waals surface area contributed by atoms with Crippen molar-refractivity contribution >= 4 is 17.4 Å².